The highest BCUT2D eigenvalue weighted by Crippen LogP contribution is 2.43. The molecule has 2 unspecified atom stereocenters. The van der Waals surface area contributed by atoms with Gasteiger partial charge in [-0.15, -0.1) is 0 Å². The summed E-state index contributed by atoms with van der Waals surface area (Å²) in [5.74, 6) is -0.312. The lowest BCUT2D eigenvalue weighted by atomic mass is 10.0. The Morgan fingerprint density at radius 2 is 0.846 bits per heavy atom. The number of rotatable bonds is 52. The molecule has 8 nitrogen and oxygen atoms in total. The van der Waals surface area contributed by atoms with E-state index in [1.165, 1.54) is 186 Å². The van der Waals surface area contributed by atoms with E-state index in [0.717, 1.165) is 51.4 Å². The molecule has 0 saturated carbocycles. The van der Waals surface area contributed by atoms with Gasteiger partial charge in [-0.25, -0.2) is 4.57 Å². The Morgan fingerprint density at radius 1 is 0.477 bits per heavy atom. The van der Waals surface area contributed by atoms with E-state index in [1.54, 1.807) is 0 Å². The number of hydrogen-bond donors (Lipinski definition) is 1. The lowest BCUT2D eigenvalue weighted by Gasteiger charge is -2.24. The lowest BCUT2D eigenvalue weighted by Crippen LogP contribution is -2.37. The van der Waals surface area contributed by atoms with Gasteiger partial charge in [0.1, 0.15) is 19.3 Å². The van der Waals surface area contributed by atoms with Gasteiger partial charge in [-0.1, -0.05) is 237 Å². The monoisotopic (exact) mass is 939 g/mol. The SMILES string of the molecule is CCCCC/C=C\C/C=C\C/C=C\CCCCCCCCCOCC(COP(=O)(O)OCC[N+](C)(C)C)OC(=O)CCCCCCCCCCCCCCCCCCCCCCCCC. The van der Waals surface area contributed by atoms with E-state index in [0.29, 0.717) is 24.1 Å². The van der Waals surface area contributed by atoms with Crippen molar-refractivity contribution in [1.82, 2.24) is 0 Å². The maximum absolute atomic E-state index is 12.8. The van der Waals surface area contributed by atoms with Crippen LogP contribution in [0.1, 0.15) is 258 Å². The lowest BCUT2D eigenvalue weighted by molar-refractivity contribution is -0.870. The molecule has 0 aliphatic carbocycles. The van der Waals surface area contributed by atoms with Crippen LogP contribution >= 0.6 is 7.82 Å². The summed E-state index contributed by atoms with van der Waals surface area (Å²) in [5.41, 5.74) is 0. The zero-order valence-corrected chi connectivity index (χ0v) is 44.6. The van der Waals surface area contributed by atoms with Crippen LogP contribution in [0.25, 0.3) is 0 Å². The molecule has 0 saturated heterocycles. The van der Waals surface area contributed by atoms with Crippen LogP contribution in [0.4, 0.5) is 0 Å². The van der Waals surface area contributed by atoms with Crippen LogP contribution in [0.15, 0.2) is 36.5 Å². The molecule has 0 rings (SSSR count). The first-order chi connectivity index (χ1) is 31.6. The van der Waals surface area contributed by atoms with Gasteiger partial charge in [0.25, 0.3) is 0 Å². The molecule has 2 atom stereocenters. The summed E-state index contributed by atoms with van der Waals surface area (Å²) < 4.78 is 35.2. The molecule has 0 radical (unpaired) electrons. The molecular formula is C56H109NO7P+. The summed E-state index contributed by atoms with van der Waals surface area (Å²) in [6.45, 7) is 5.62. The second-order valence-electron chi connectivity index (χ2n) is 20.0. The van der Waals surface area contributed by atoms with Crippen LogP contribution in [0.3, 0.4) is 0 Å². The van der Waals surface area contributed by atoms with Crippen molar-refractivity contribution in [2.24, 2.45) is 0 Å². The Bertz CT molecular complexity index is 1140. The number of phosphoric acid groups is 1. The molecule has 384 valence electrons. The molecular weight excluding hydrogens is 830 g/mol. The minimum absolute atomic E-state index is 0.0877. The number of ether oxygens (including phenoxy) is 2. The van der Waals surface area contributed by atoms with Gasteiger partial charge in [0.2, 0.25) is 0 Å². The van der Waals surface area contributed by atoms with Crippen molar-refractivity contribution in [3.8, 4) is 0 Å². The fourth-order valence-corrected chi connectivity index (χ4v) is 8.66. The van der Waals surface area contributed by atoms with Crippen LogP contribution in [0, 0.1) is 0 Å². The van der Waals surface area contributed by atoms with Crippen molar-refractivity contribution >= 4 is 13.8 Å². The van der Waals surface area contributed by atoms with E-state index in [-0.39, 0.29) is 25.8 Å². The van der Waals surface area contributed by atoms with Gasteiger partial charge >= 0.3 is 13.8 Å². The summed E-state index contributed by atoms with van der Waals surface area (Å²) in [6, 6.07) is 0. The second kappa shape index (κ2) is 49.2. The van der Waals surface area contributed by atoms with Gasteiger partial charge in [-0.05, 0) is 51.4 Å². The van der Waals surface area contributed by atoms with Crippen LogP contribution in [0.2, 0.25) is 0 Å². The first-order valence-corrected chi connectivity index (χ1v) is 29.2. The number of allylic oxidation sites excluding steroid dienone is 6. The van der Waals surface area contributed by atoms with Gasteiger partial charge in [0.05, 0.1) is 34.4 Å². The third-order valence-electron chi connectivity index (χ3n) is 12.2. The number of unbranched alkanes of at least 4 members (excludes halogenated alkanes) is 32. The fourth-order valence-electron chi connectivity index (χ4n) is 7.92. The van der Waals surface area contributed by atoms with Gasteiger partial charge in [0, 0.05) is 13.0 Å². The van der Waals surface area contributed by atoms with E-state index < -0.39 is 13.9 Å². The van der Waals surface area contributed by atoms with E-state index in [9.17, 15) is 14.3 Å². The highest BCUT2D eigenvalue weighted by molar-refractivity contribution is 7.47. The van der Waals surface area contributed by atoms with Crippen LogP contribution in [-0.4, -0.2) is 75.6 Å². The molecule has 9 heteroatoms. The largest absolute Gasteiger partial charge is 0.472 e. The van der Waals surface area contributed by atoms with Gasteiger partial charge in [-0.3, -0.25) is 13.8 Å². The molecule has 0 aliphatic rings. The fraction of sp³-hybridized carbons (Fsp3) is 0.875. The molecule has 0 amide bonds. The zero-order valence-electron chi connectivity index (χ0n) is 43.7. The molecule has 0 spiro atoms. The topological polar surface area (TPSA) is 91.3 Å². The average molecular weight is 939 g/mol. The summed E-state index contributed by atoms with van der Waals surface area (Å²) in [4.78, 5) is 23.1. The van der Waals surface area contributed by atoms with Crippen molar-refractivity contribution in [1.29, 1.82) is 0 Å². The second-order valence-corrected chi connectivity index (χ2v) is 21.4. The molecule has 0 aromatic rings. The highest BCUT2D eigenvalue weighted by atomic mass is 31.2. The molecule has 0 fully saturated rings. The van der Waals surface area contributed by atoms with Crippen molar-refractivity contribution in [2.75, 3.05) is 54.1 Å². The highest BCUT2D eigenvalue weighted by Gasteiger charge is 2.26. The minimum atomic E-state index is -4.28. The average Bonchev–Trinajstić information content (AvgIpc) is 3.27. The molecule has 0 aliphatic heterocycles. The number of quaternary nitrogens is 1. The van der Waals surface area contributed by atoms with E-state index in [1.807, 2.05) is 21.1 Å². The number of nitrogens with zero attached hydrogens (tertiary/aromatic N) is 1. The first-order valence-electron chi connectivity index (χ1n) is 27.7. The maximum Gasteiger partial charge on any atom is 0.472 e. The molecule has 0 aromatic carbocycles. The van der Waals surface area contributed by atoms with E-state index in [4.69, 9.17) is 18.5 Å². The quantitative estimate of drug-likeness (QED) is 0.0214. The van der Waals surface area contributed by atoms with Crippen molar-refractivity contribution < 1.29 is 37.3 Å². The third kappa shape index (κ3) is 53.5. The normalized spacial score (nSPS) is 13.8. The number of phosphoric ester groups is 1. The number of likely N-dealkylation sites (N-methyl/N-ethyl adjacent to an activating group) is 1. The summed E-state index contributed by atoms with van der Waals surface area (Å²) >= 11 is 0. The molecule has 0 aromatic heterocycles. The zero-order chi connectivity index (χ0) is 47.6. The predicted octanol–water partition coefficient (Wildman–Crippen LogP) is 17.3. The molecule has 0 bridgehead atoms. The number of carbonyl (C=O) groups excluding carboxylic acids is 1. The molecule has 65 heavy (non-hydrogen) atoms. The van der Waals surface area contributed by atoms with Crippen molar-refractivity contribution in [2.45, 2.75) is 264 Å². The Balaban J connectivity index is 4.09. The number of hydrogen-bond acceptors (Lipinski definition) is 6. The molecule has 0 heterocycles. The predicted molar refractivity (Wildman–Crippen MR) is 280 cm³/mol. The standard InChI is InChI=1S/C56H108NO7P/c1-6-8-10-12-14-16-18-20-22-24-26-28-29-30-31-33-35-37-39-41-43-45-47-49-56(58)64-55(54-63-65(59,60)62-52-50-57(3,4)5)53-61-51-48-46-44-42-40-38-36-34-32-27-25-23-21-19-17-15-13-11-9-7-2/h15,17,21,23,27,32,55H,6-14,16,18-20,22,24-26,28-31,33-54H2,1-5H3/p+1/b17-15-,23-21-,32-27-. The first kappa shape index (κ1) is 63.7. The van der Waals surface area contributed by atoms with E-state index >= 15 is 0 Å². The third-order valence-corrected chi connectivity index (χ3v) is 13.2. The minimum Gasteiger partial charge on any atom is -0.457 e. The smallest absolute Gasteiger partial charge is 0.457 e. The summed E-state index contributed by atoms with van der Waals surface area (Å²) in [7, 11) is 1.67. The number of esters is 1. The van der Waals surface area contributed by atoms with Crippen LogP contribution < -0.4 is 0 Å². The maximum atomic E-state index is 12.8. The Morgan fingerprint density at radius 3 is 1.29 bits per heavy atom. The Labute approximate surface area is 404 Å². The van der Waals surface area contributed by atoms with Crippen LogP contribution in [-0.2, 0) is 27.9 Å². The summed E-state index contributed by atoms with van der Waals surface area (Å²) in [6.07, 6.45) is 60.6. The van der Waals surface area contributed by atoms with Gasteiger partial charge in [0.15, 0.2) is 0 Å². The van der Waals surface area contributed by atoms with Gasteiger partial charge < -0.3 is 18.9 Å². The number of carbonyl (C=O) groups is 1. The van der Waals surface area contributed by atoms with E-state index in [2.05, 4.69) is 50.3 Å². The van der Waals surface area contributed by atoms with Crippen molar-refractivity contribution in [3.63, 3.8) is 0 Å². The summed E-state index contributed by atoms with van der Waals surface area (Å²) in [5, 5.41) is 0. The Hall–Kier alpha value is -1.28. The Kier molecular flexibility index (Phi) is 48.2. The van der Waals surface area contributed by atoms with Gasteiger partial charge in [-0.2, -0.15) is 0 Å². The molecule has 1 N–H and O–H groups in total. The van der Waals surface area contributed by atoms with Crippen LogP contribution in [0.5, 0.6) is 0 Å². The van der Waals surface area contributed by atoms with Crippen molar-refractivity contribution in [3.05, 3.63) is 36.5 Å².